The Bertz CT molecular complexity index is 656. The van der Waals surface area contributed by atoms with Crippen LogP contribution in [0.25, 0.3) is 0 Å². The summed E-state index contributed by atoms with van der Waals surface area (Å²) in [5.41, 5.74) is -0.353. The van der Waals surface area contributed by atoms with Gasteiger partial charge in [-0.2, -0.15) is 0 Å². The number of hydrogen-bond acceptors (Lipinski definition) is 6. The number of carbonyl (C=O) groups excluding carboxylic acids is 3. The molecule has 0 unspecified atom stereocenters. The average Bonchev–Trinajstić information content (AvgIpc) is 2.98. The van der Waals surface area contributed by atoms with Crippen LogP contribution in [0.3, 0.4) is 0 Å². The molecule has 0 bridgehead atoms. The number of nitrogens with one attached hydrogen (secondary N) is 2. The monoisotopic (exact) mass is 366 g/mol. The summed E-state index contributed by atoms with van der Waals surface area (Å²) in [5.74, 6) is 0.124. The first-order valence-corrected chi connectivity index (χ1v) is 8.63. The van der Waals surface area contributed by atoms with Crippen LogP contribution in [0.5, 0.6) is 0 Å². The van der Waals surface area contributed by atoms with Crippen molar-refractivity contribution in [3.05, 3.63) is 17.5 Å². The molecule has 2 rings (SSSR count). The number of piperidine rings is 1. The van der Waals surface area contributed by atoms with Gasteiger partial charge in [-0.05, 0) is 40.5 Å². The molecule has 1 saturated heterocycles. The van der Waals surface area contributed by atoms with Gasteiger partial charge in [0, 0.05) is 25.2 Å². The Morgan fingerprint density at radius 2 is 1.96 bits per heavy atom. The number of rotatable bonds is 4. The molecule has 3 amide bonds. The molecule has 0 atom stereocenters. The van der Waals surface area contributed by atoms with Crippen molar-refractivity contribution in [3.63, 3.8) is 0 Å². The molecule has 0 spiro atoms. The van der Waals surface area contributed by atoms with Gasteiger partial charge in [0.1, 0.15) is 17.9 Å². The van der Waals surface area contributed by atoms with E-state index >= 15 is 0 Å². The summed E-state index contributed by atoms with van der Waals surface area (Å²) in [4.78, 5) is 37.5. The smallest absolute Gasteiger partial charge is 0.408 e. The highest BCUT2D eigenvalue weighted by Crippen LogP contribution is 2.12. The first-order valence-electron chi connectivity index (χ1n) is 8.63. The molecule has 9 heteroatoms. The van der Waals surface area contributed by atoms with E-state index in [0.717, 1.165) is 0 Å². The highest BCUT2D eigenvalue weighted by Gasteiger charge is 2.25. The van der Waals surface area contributed by atoms with E-state index < -0.39 is 11.7 Å². The normalized spacial score (nSPS) is 15.5. The Morgan fingerprint density at radius 1 is 1.31 bits per heavy atom. The summed E-state index contributed by atoms with van der Waals surface area (Å²) in [6, 6.07) is 1.55. The third kappa shape index (κ3) is 6.05. The minimum atomic E-state index is -0.615. The number of likely N-dealkylation sites (tertiary alicyclic amines) is 1. The van der Waals surface area contributed by atoms with Crippen LogP contribution in [-0.4, -0.2) is 59.2 Å². The van der Waals surface area contributed by atoms with E-state index in [1.54, 1.807) is 38.7 Å². The molecule has 0 aliphatic carbocycles. The lowest BCUT2D eigenvalue weighted by atomic mass is 10.0. The van der Waals surface area contributed by atoms with Gasteiger partial charge in [0.25, 0.3) is 5.91 Å². The molecule has 0 saturated carbocycles. The molecule has 1 aliphatic heterocycles. The van der Waals surface area contributed by atoms with Gasteiger partial charge in [0.05, 0.1) is 0 Å². The van der Waals surface area contributed by atoms with Gasteiger partial charge < -0.3 is 24.8 Å². The second-order valence-electron chi connectivity index (χ2n) is 7.31. The fourth-order valence-corrected chi connectivity index (χ4v) is 2.58. The molecule has 2 N–H and O–H groups in total. The predicted molar refractivity (Wildman–Crippen MR) is 92.5 cm³/mol. The van der Waals surface area contributed by atoms with Crippen molar-refractivity contribution < 1.29 is 23.6 Å². The Balaban J connectivity index is 1.71. The van der Waals surface area contributed by atoms with Crippen LogP contribution >= 0.6 is 0 Å². The summed E-state index contributed by atoms with van der Waals surface area (Å²) in [6.07, 6.45) is 0.664. The Morgan fingerprint density at radius 3 is 2.50 bits per heavy atom. The quantitative estimate of drug-likeness (QED) is 0.828. The molecule has 1 aliphatic rings. The number of ether oxygens (including phenoxy) is 1. The number of hydrogen-bond donors (Lipinski definition) is 2. The first kappa shape index (κ1) is 19.7. The molecule has 9 nitrogen and oxygen atoms in total. The molecular weight excluding hydrogens is 340 g/mol. The molecular formula is C17H26N4O5. The van der Waals surface area contributed by atoms with Crippen molar-refractivity contribution in [2.45, 2.75) is 52.2 Å². The summed E-state index contributed by atoms with van der Waals surface area (Å²) in [6.45, 7) is 7.91. The predicted octanol–water partition coefficient (Wildman–Crippen LogP) is 1.23. The van der Waals surface area contributed by atoms with Crippen LogP contribution in [0.15, 0.2) is 10.6 Å². The van der Waals surface area contributed by atoms with Crippen molar-refractivity contribution in [2.24, 2.45) is 0 Å². The van der Waals surface area contributed by atoms with Gasteiger partial charge in [-0.25, -0.2) is 4.79 Å². The Labute approximate surface area is 152 Å². The fourth-order valence-electron chi connectivity index (χ4n) is 2.58. The van der Waals surface area contributed by atoms with E-state index in [4.69, 9.17) is 9.26 Å². The second kappa shape index (κ2) is 8.20. The fraction of sp³-hybridized carbons (Fsp3) is 0.647. The van der Waals surface area contributed by atoms with E-state index in [9.17, 15) is 14.4 Å². The van der Waals surface area contributed by atoms with Crippen molar-refractivity contribution in [1.82, 2.24) is 20.7 Å². The number of aromatic nitrogens is 1. The van der Waals surface area contributed by atoms with Gasteiger partial charge in [-0.3, -0.25) is 9.59 Å². The van der Waals surface area contributed by atoms with Gasteiger partial charge in [0.2, 0.25) is 5.91 Å². The lowest BCUT2D eigenvalue weighted by molar-refractivity contribution is -0.131. The topological polar surface area (TPSA) is 114 Å². The SMILES string of the molecule is Cc1cc(C(=O)NC2CCN(C(=O)CNC(=O)OC(C)(C)C)CC2)no1. The van der Waals surface area contributed by atoms with Crippen LogP contribution in [0, 0.1) is 6.92 Å². The maximum absolute atomic E-state index is 12.2. The van der Waals surface area contributed by atoms with Crippen LogP contribution in [-0.2, 0) is 9.53 Å². The van der Waals surface area contributed by atoms with Gasteiger partial charge >= 0.3 is 6.09 Å². The lowest BCUT2D eigenvalue weighted by Crippen LogP contribution is -2.49. The Hall–Kier alpha value is -2.58. The van der Waals surface area contributed by atoms with E-state index in [0.29, 0.717) is 31.7 Å². The number of carbonyl (C=O) groups is 3. The highest BCUT2D eigenvalue weighted by atomic mass is 16.6. The number of aryl methyl sites for hydroxylation is 1. The largest absolute Gasteiger partial charge is 0.444 e. The number of nitrogens with zero attached hydrogens (tertiary/aromatic N) is 2. The van der Waals surface area contributed by atoms with Crippen LogP contribution < -0.4 is 10.6 Å². The second-order valence-corrected chi connectivity index (χ2v) is 7.31. The lowest BCUT2D eigenvalue weighted by Gasteiger charge is -2.32. The zero-order valence-corrected chi connectivity index (χ0v) is 15.6. The number of alkyl carbamates (subject to hydrolysis) is 1. The van der Waals surface area contributed by atoms with E-state index in [1.165, 1.54) is 0 Å². The van der Waals surface area contributed by atoms with Gasteiger partial charge in [-0.15, -0.1) is 0 Å². The molecule has 1 aromatic heterocycles. The minimum absolute atomic E-state index is 0.0256. The van der Waals surface area contributed by atoms with Gasteiger partial charge in [0.15, 0.2) is 5.69 Å². The third-order valence-electron chi connectivity index (χ3n) is 3.83. The molecule has 26 heavy (non-hydrogen) atoms. The summed E-state index contributed by atoms with van der Waals surface area (Å²) < 4.78 is 9.99. The third-order valence-corrected chi connectivity index (χ3v) is 3.83. The maximum Gasteiger partial charge on any atom is 0.408 e. The van der Waals surface area contributed by atoms with Crippen LogP contribution in [0.1, 0.15) is 49.9 Å². The van der Waals surface area contributed by atoms with Crippen LogP contribution in [0.2, 0.25) is 0 Å². The van der Waals surface area contributed by atoms with E-state index in [1.807, 2.05) is 0 Å². The summed E-state index contributed by atoms with van der Waals surface area (Å²) in [5, 5.41) is 9.04. The summed E-state index contributed by atoms with van der Waals surface area (Å²) >= 11 is 0. The molecule has 0 radical (unpaired) electrons. The van der Waals surface area contributed by atoms with Gasteiger partial charge in [-0.1, -0.05) is 5.16 Å². The first-order chi connectivity index (χ1) is 12.1. The van der Waals surface area contributed by atoms with Crippen molar-refractivity contribution >= 4 is 17.9 Å². The average molecular weight is 366 g/mol. The highest BCUT2D eigenvalue weighted by molar-refractivity contribution is 5.92. The van der Waals surface area contributed by atoms with Crippen molar-refractivity contribution in [1.29, 1.82) is 0 Å². The molecule has 1 aromatic rings. The number of amides is 3. The molecule has 0 aromatic carbocycles. The summed E-state index contributed by atoms with van der Waals surface area (Å²) in [7, 11) is 0. The van der Waals surface area contributed by atoms with E-state index in [2.05, 4.69) is 15.8 Å². The Kier molecular flexibility index (Phi) is 6.23. The zero-order chi connectivity index (χ0) is 19.3. The molecule has 144 valence electrons. The van der Waals surface area contributed by atoms with Crippen molar-refractivity contribution in [3.8, 4) is 0 Å². The molecule has 1 fully saturated rings. The zero-order valence-electron chi connectivity index (χ0n) is 15.6. The standard InChI is InChI=1S/C17H26N4O5/c1-11-9-13(20-26-11)15(23)19-12-5-7-21(8-6-12)14(22)10-18-16(24)25-17(2,3)4/h9,12H,5-8,10H2,1-4H3,(H,18,24)(H,19,23). The van der Waals surface area contributed by atoms with Crippen LogP contribution in [0.4, 0.5) is 4.79 Å². The minimum Gasteiger partial charge on any atom is -0.444 e. The van der Waals surface area contributed by atoms with Crippen molar-refractivity contribution in [2.75, 3.05) is 19.6 Å². The molecule has 2 heterocycles. The maximum atomic E-state index is 12.2. The van der Waals surface area contributed by atoms with E-state index in [-0.39, 0.29) is 30.1 Å².